The van der Waals surface area contributed by atoms with Crippen LogP contribution in [-0.4, -0.2) is 24.0 Å². The van der Waals surface area contributed by atoms with Crippen molar-refractivity contribution in [2.24, 2.45) is 0 Å². The van der Waals surface area contributed by atoms with Crippen LogP contribution in [0.15, 0.2) is 24.3 Å². The van der Waals surface area contributed by atoms with Gasteiger partial charge in [-0.1, -0.05) is 23.7 Å². The van der Waals surface area contributed by atoms with E-state index >= 15 is 0 Å². The van der Waals surface area contributed by atoms with E-state index in [4.69, 9.17) is 16.3 Å². The molecule has 0 aromatic heterocycles. The lowest BCUT2D eigenvalue weighted by Gasteiger charge is -2.13. The quantitative estimate of drug-likeness (QED) is 0.854. The van der Waals surface area contributed by atoms with Gasteiger partial charge in [0.2, 0.25) is 5.78 Å². The molecule has 1 N–H and O–H groups in total. The first-order valence-corrected chi connectivity index (χ1v) is 6.21. The van der Waals surface area contributed by atoms with Crippen LogP contribution < -0.4 is 5.32 Å². The van der Waals surface area contributed by atoms with Crippen LogP contribution in [0.1, 0.15) is 30.1 Å². The number of ether oxygens (including phenoxy) is 1. The lowest BCUT2D eigenvalue weighted by atomic mass is 10.1. The molecule has 0 heterocycles. The molecule has 1 saturated carbocycles. The van der Waals surface area contributed by atoms with E-state index in [-0.39, 0.29) is 11.8 Å². The first-order chi connectivity index (χ1) is 8.58. The number of halogens is 1. The molecule has 0 radical (unpaired) electrons. The number of benzene rings is 1. The van der Waals surface area contributed by atoms with E-state index in [0.29, 0.717) is 10.6 Å². The summed E-state index contributed by atoms with van der Waals surface area (Å²) in [6.07, 6.45) is 0.554. The second-order valence-corrected chi connectivity index (χ2v) is 4.72. The largest absolute Gasteiger partial charge is 0.438 e. The zero-order valence-corrected chi connectivity index (χ0v) is 10.7. The van der Waals surface area contributed by atoms with Crippen molar-refractivity contribution < 1.29 is 14.3 Å². The Morgan fingerprint density at radius 1 is 1.39 bits per heavy atom. The molecule has 1 aromatic carbocycles. The molecule has 1 amide bonds. The highest BCUT2D eigenvalue weighted by Crippen LogP contribution is 2.20. The van der Waals surface area contributed by atoms with Crippen LogP contribution >= 0.6 is 11.6 Å². The van der Waals surface area contributed by atoms with Crippen molar-refractivity contribution in [3.05, 3.63) is 34.9 Å². The van der Waals surface area contributed by atoms with E-state index in [0.717, 1.165) is 12.8 Å². The lowest BCUT2D eigenvalue weighted by Crippen LogP contribution is -2.32. The molecule has 0 aliphatic heterocycles. The van der Waals surface area contributed by atoms with Crippen LogP contribution in [0.4, 0.5) is 4.79 Å². The summed E-state index contributed by atoms with van der Waals surface area (Å²) in [4.78, 5) is 23.4. The second kappa shape index (κ2) is 5.40. The predicted octanol–water partition coefficient (Wildman–Crippen LogP) is 2.80. The first-order valence-electron chi connectivity index (χ1n) is 5.84. The molecule has 5 heteroatoms. The maximum atomic E-state index is 12.0. The summed E-state index contributed by atoms with van der Waals surface area (Å²) >= 11 is 5.92. The minimum absolute atomic E-state index is 0.208. The van der Waals surface area contributed by atoms with Crippen molar-refractivity contribution in [3.63, 3.8) is 0 Å². The van der Waals surface area contributed by atoms with Gasteiger partial charge in [0.1, 0.15) is 0 Å². The van der Waals surface area contributed by atoms with E-state index in [1.165, 1.54) is 6.92 Å². The molecule has 0 spiro atoms. The summed E-state index contributed by atoms with van der Waals surface area (Å²) in [5, 5.41) is 3.02. The summed E-state index contributed by atoms with van der Waals surface area (Å²) in [5.41, 5.74) is 0.367. The minimum Gasteiger partial charge on any atom is -0.438 e. The zero-order chi connectivity index (χ0) is 13.1. The van der Waals surface area contributed by atoms with E-state index in [2.05, 4.69) is 5.32 Å². The standard InChI is InChI=1S/C13H14ClNO3/c1-8(18-13(17)15-9-6-7-9)12(16)10-4-2-3-5-11(10)14/h2-5,8-9H,6-7H2,1H3,(H,15,17)/t8-/m1/s1. The monoisotopic (exact) mass is 267 g/mol. The zero-order valence-electron chi connectivity index (χ0n) is 9.98. The Morgan fingerprint density at radius 2 is 2.06 bits per heavy atom. The van der Waals surface area contributed by atoms with Gasteiger partial charge in [-0.05, 0) is 31.9 Å². The molecular weight excluding hydrogens is 254 g/mol. The molecule has 0 bridgehead atoms. The maximum Gasteiger partial charge on any atom is 0.408 e. The molecule has 0 saturated heterocycles. The van der Waals surface area contributed by atoms with Crippen molar-refractivity contribution in [2.45, 2.75) is 31.9 Å². The van der Waals surface area contributed by atoms with Gasteiger partial charge in [0.15, 0.2) is 6.10 Å². The fourth-order valence-corrected chi connectivity index (χ4v) is 1.75. The third kappa shape index (κ3) is 3.23. The Balaban J connectivity index is 1.95. The van der Waals surface area contributed by atoms with Gasteiger partial charge in [-0.3, -0.25) is 4.79 Å². The summed E-state index contributed by atoms with van der Waals surface area (Å²) in [5.74, 6) is -0.299. The lowest BCUT2D eigenvalue weighted by molar-refractivity contribution is 0.0670. The van der Waals surface area contributed by atoms with Crippen LogP contribution in [-0.2, 0) is 4.74 Å². The molecule has 1 aliphatic carbocycles. The minimum atomic E-state index is -0.844. The molecule has 96 valence electrons. The van der Waals surface area contributed by atoms with Gasteiger partial charge >= 0.3 is 6.09 Å². The van der Waals surface area contributed by atoms with Crippen molar-refractivity contribution in [1.82, 2.24) is 5.32 Å². The summed E-state index contributed by atoms with van der Waals surface area (Å²) in [7, 11) is 0. The van der Waals surface area contributed by atoms with Gasteiger partial charge in [-0.15, -0.1) is 0 Å². The van der Waals surface area contributed by atoms with Crippen molar-refractivity contribution >= 4 is 23.5 Å². The number of hydrogen-bond donors (Lipinski definition) is 1. The Bertz CT molecular complexity index is 471. The Kier molecular flexibility index (Phi) is 3.87. The van der Waals surface area contributed by atoms with Crippen molar-refractivity contribution in [1.29, 1.82) is 0 Å². The van der Waals surface area contributed by atoms with Crippen LogP contribution in [0.2, 0.25) is 5.02 Å². The van der Waals surface area contributed by atoms with Crippen LogP contribution in [0, 0.1) is 0 Å². The smallest absolute Gasteiger partial charge is 0.408 e. The Hall–Kier alpha value is -1.55. The van der Waals surface area contributed by atoms with E-state index in [1.54, 1.807) is 24.3 Å². The molecule has 1 aromatic rings. The highest BCUT2D eigenvalue weighted by Gasteiger charge is 2.26. The fourth-order valence-electron chi connectivity index (χ4n) is 1.52. The van der Waals surface area contributed by atoms with E-state index in [9.17, 15) is 9.59 Å². The maximum absolute atomic E-state index is 12.0. The number of carbonyl (C=O) groups excluding carboxylic acids is 2. The molecule has 4 nitrogen and oxygen atoms in total. The molecule has 18 heavy (non-hydrogen) atoms. The third-order valence-corrected chi connectivity index (χ3v) is 3.02. The second-order valence-electron chi connectivity index (χ2n) is 4.31. The number of Topliss-reactive ketones (excluding diaryl/α,β-unsaturated/α-hetero) is 1. The number of alkyl carbamates (subject to hydrolysis) is 1. The highest BCUT2D eigenvalue weighted by atomic mass is 35.5. The van der Waals surface area contributed by atoms with Gasteiger partial charge in [-0.25, -0.2) is 4.79 Å². The highest BCUT2D eigenvalue weighted by molar-refractivity contribution is 6.34. The van der Waals surface area contributed by atoms with E-state index < -0.39 is 12.2 Å². The molecule has 1 aliphatic rings. The van der Waals surface area contributed by atoms with Crippen LogP contribution in [0.3, 0.4) is 0 Å². The van der Waals surface area contributed by atoms with Gasteiger partial charge in [0.05, 0.1) is 5.02 Å². The SMILES string of the molecule is C[C@@H](OC(=O)NC1CC1)C(=O)c1ccccc1Cl. The molecule has 1 atom stereocenters. The number of carbonyl (C=O) groups is 2. The van der Waals surface area contributed by atoms with E-state index in [1.807, 2.05) is 0 Å². The topological polar surface area (TPSA) is 55.4 Å². The Morgan fingerprint density at radius 3 is 2.67 bits per heavy atom. The first kappa shape index (κ1) is 12.9. The number of hydrogen-bond acceptors (Lipinski definition) is 3. The molecular formula is C13H14ClNO3. The average molecular weight is 268 g/mol. The number of ketones is 1. The average Bonchev–Trinajstić information content (AvgIpc) is 3.12. The summed E-state index contributed by atoms with van der Waals surface area (Å²) < 4.78 is 5.01. The normalized spacial score (nSPS) is 15.9. The molecule has 1 fully saturated rings. The van der Waals surface area contributed by atoms with Crippen molar-refractivity contribution in [3.8, 4) is 0 Å². The molecule has 0 unspecified atom stereocenters. The van der Waals surface area contributed by atoms with Gasteiger partial charge < -0.3 is 10.1 Å². The van der Waals surface area contributed by atoms with Crippen molar-refractivity contribution in [2.75, 3.05) is 0 Å². The number of amides is 1. The Labute approximate surface area is 110 Å². The van der Waals surface area contributed by atoms with Gasteiger partial charge in [0, 0.05) is 11.6 Å². The number of rotatable bonds is 4. The number of nitrogens with one attached hydrogen (secondary N) is 1. The summed E-state index contributed by atoms with van der Waals surface area (Å²) in [6.45, 7) is 1.54. The summed E-state index contributed by atoms with van der Waals surface area (Å²) in [6, 6.07) is 6.91. The van der Waals surface area contributed by atoms with Gasteiger partial charge in [0.25, 0.3) is 0 Å². The molecule has 2 rings (SSSR count). The predicted molar refractivity (Wildman–Crippen MR) is 67.9 cm³/mol. The van der Waals surface area contributed by atoms with Crippen LogP contribution in [0.5, 0.6) is 0 Å². The van der Waals surface area contributed by atoms with Gasteiger partial charge in [-0.2, -0.15) is 0 Å². The fraction of sp³-hybridized carbons (Fsp3) is 0.385. The third-order valence-electron chi connectivity index (χ3n) is 2.69. The van der Waals surface area contributed by atoms with Crippen LogP contribution in [0.25, 0.3) is 0 Å².